The summed E-state index contributed by atoms with van der Waals surface area (Å²) in [5, 5.41) is 22.8. The normalized spacial score (nSPS) is 18.5. The highest BCUT2D eigenvalue weighted by molar-refractivity contribution is 7.22. The average Bonchev–Trinajstić information content (AvgIpc) is 3.46. The molecule has 0 radical (unpaired) electrons. The summed E-state index contributed by atoms with van der Waals surface area (Å²) in [6.07, 6.45) is 1.53. The largest absolute Gasteiger partial charge is 0.507 e. The molecule has 0 bridgehead atoms. The van der Waals surface area contributed by atoms with Crippen molar-refractivity contribution in [3.05, 3.63) is 87.7 Å². The number of ether oxygens (including phenoxy) is 1. The number of amides is 1. The highest BCUT2D eigenvalue weighted by Crippen LogP contribution is 2.44. The molecule has 38 heavy (non-hydrogen) atoms. The SMILES string of the molecule is CN1CCOc2ccc(/C(O)=C3\C(=O)C(=O)N(c4nc5ccc([N+](=O)[O-])cc5s4)C3c3ccccn3)cc21. The van der Waals surface area contributed by atoms with E-state index in [0.29, 0.717) is 40.4 Å². The Kier molecular flexibility index (Phi) is 5.53. The van der Waals surface area contributed by atoms with Crippen LogP contribution >= 0.6 is 11.3 Å². The third-order valence-corrected chi connectivity index (χ3v) is 7.54. The number of anilines is 2. The number of ketones is 1. The van der Waals surface area contributed by atoms with Crippen molar-refractivity contribution in [3.63, 3.8) is 0 Å². The Balaban J connectivity index is 1.52. The summed E-state index contributed by atoms with van der Waals surface area (Å²) in [4.78, 5) is 49.6. The summed E-state index contributed by atoms with van der Waals surface area (Å²) in [5.41, 5.74) is 1.65. The van der Waals surface area contributed by atoms with Gasteiger partial charge in [0, 0.05) is 30.9 Å². The van der Waals surface area contributed by atoms with Crippen molar-refractivity contribution in [2.45, 2.75) is 6.04 Å². The molecule has 2 aliphatic rings. The van der Waals surface area contributed by atoms with Crippen LogP contribution in [0.4, 0.5) is 16.5 Å². The molecule has 0 saturated carbocycles. The van der Waals surface area contributed by atoms with Crippen LogP contribution in [0.1, 0.15) is 17.3 Å². The summed E-state index contributed by atoms with van der Waals surface area (Å²) in [6.45, 7) is 1.19. The van der Waals surface area contributed by atoms with Gasteiger partial charge in [-0.05, 0) is 36.4 Å². The number of hydrogen-bond donors (Lipinski definition) is 1. The van der Waals surface area contributed by atoms with E-state index < -0.39 is 22.7 Å². The smallest absolute Gasteiger partial charge is 0.301 e. The summed E-state index contributed by atoms with van der Waals surface area (Å²) < 4.78 is 6.16. The van der Waals surface area contributed by atoms with Gasteiger partial charge in [-0.3, -0.25) is 29.6 Å². The molecule has 12 heteroatoms. The number of hydrogen-bond acceptors (Lipinski definition) is 10. The maximum atomic E-state index is 13.4. The average molecular weight is 530 g/mol. The van der Waals surface area contributed by atoms with Crippen molar-refractivity contribution in [1.29, 1.82) is 0 Å². The topological polar surface area (TPSA) is 139 Å². The fourth-order valence-corrected chi connectivity index (χ4v) is 5.64. The number of aliphatic hydroxyl groups excluding tert-OH is 1. The fraction of sp³-hybridized carbons (Fsp3) is 0.154. The molecule has 1 atom stereocenters. The monoisotopic (exact) mass is 529 g/mol. The lowest BCUT2D eigenvalue weighted by Gasteiger charge is -2.28. The number of aromatic nitrogens is 2. The molecule has 2 aromatic carbocycles. The minimum atomic E-state index is -1.06. The first-order valence-corrected chi connectivity index (χ1v) is 12.4. The number of carbonyl (C=O) groups is 2. The molecule has 11 nitrogen and oxygen atoms in total. The first-order valence-electron chi connectivity index (χ1n) is 11.6. The van der Waals surface area contributed by atoms with E-state index in [0.717, 1.165) is 17.0 Å². The second-order valence-electron chi connectivity index (χ2n) is 8.78. The fourth-order valence-electron chi connectivity index (χ4n) is 4.62. The number of thiazole rings is 1. The molecule has 1 fully saturated rings. The predicted molar refractivity (Wildman–Crippen MR) is 141 cm³/mol. The molecular formula is C26H19N5O6S. The lowest BCUT2D eigenvalue weighted by molar-refractivity contribution is -0.384. The van der Waals surface area contributed by atoms with Crippen molar-refractivity contribution in [2.75, 3.05) is 30.0 Å². The summed E-state index contributed by atoms with van der Waals surface area (Å²) >= 11 is 1.04. The highest BCUT2D eigenvalue weighted by Gasteiger charge is 2.49. The van der Waals surface area contributed by atoms with E-state index in [1.54, 1.807) is 36.4 Å². The van der Waals surface area contributed by atoms with E-state index in [9.17, 15) is 24.8 Å². The van der Waals surface area contributed by atoms with E-state index in [2.05, 4.69) is 9.97 Å². The number of non-ortho nitro benzene ring substituents is 1. The van der Waals surface area contributed by atoms with Gasteiger partial charge in [0.15, 0.2) is 5.13 Å². The molecule has 0 spiro atoms. The van der Waals surface area contributed by atoms with Gasteiger partial charge < -0.3 is 14.7 Å². The molecule has 1 saturated heterocycles. The van der Waals surface area contributed by atoms with Gasteiger partial charge in [-0.25, -0.2) is 4.98 Å². The summed E-state index contributed by atoms with van der Waals surface area (Å²) in [7, 11) is 1.90. The Bertz CT molecular complexity index is 1670. The van der Waals surface area contributed by atoms with Crippen molar-refractivity contribution in [1.82, 2.24) is 9.97 Å². The van der Waals surface area contributed by atoms with Crippen LogP contribution in [-0.4, -0.2) is 51.9 Å². The van der Waals surface area contributed by atoms with Gasteiger partial charge in [0.25, 0.3) is 11.5 Å². The minimum Gasteiger partial charge on any atom is -0.507 e. The second-order valence-corrected chi connectivity index (χ2v) is 9.79. The molecular weight excluding hydrogens is 510 g/mol. The first kappa shape index (κ1) is 23.6. The number of nitro benzene ring substituents is 1. The van der Waals surface area contributed by atoms with Crippen LogP contribution in [0.25, 0.3) is 16.0 Å². The molecule has 4 aromatic rings. The maximum absolute atomic E-state index is 13.4. The van der Waals surface area contributed by atoms with E-state index in [4.69, 9.17) is 4.74 Å². The zero-order valence-corrected chi connectivity index (χ0v) is 20.7. The summed E-state index contributed by atoms with van der Waals surface area (Å²) in [6, 6.07) is 13.3. The molecule has 0 aliphatic carbocycles. The van der Waals surface area contributed by atoms with Gasteiger partial charge in [0.05, 0.1) is 38.6 Å². The number of fused-ring (bicyclic) bond motifs is 2. The highest BCUT2D eigenvalue weighted by atomic mass is 32.1. The van der Waals surface area contributed by atoms with Gasteiger partial charge in [-0.15, -0.1) is 0 Å². The van der Waals surface area contributed by atoms with Gasteiger partial charge >= 0.3 is 5.91 Å². The molecule has 190 valence electrons. The van der Waals surface area contributed by atoms with Crippen LogP contribution in [0.15, 0.2) is 66.4 Å². The molecule has 1 amide bonds. The third-order valence-electron chi connectivity index (χ3n) is 6.52. The zero-order chi connectivity index (χ0) is 26.6. The maximum Gasteiger partial charge on any atom is 0.301 e. The van der Waals surface area contributed by atoms with E-state index >= 15 is 0 Å². The molecule has 2 aliphatic heterocycles. The van der Waals surface area contributed by atoms with Crippen LogP contribution in [-0.2, 0) is 9.59 Å². The van der Waals surface area contributed by atoms with Gasteiger partial charge in [0.1, 0.15) is 24.2 Å². The van der Waals surface area contributed by atoms with Crippen LogP contribution in [0, 0.1) is 10.1 Å². The van der Waals surface area contributed by atoms with Crippen LogP contribution in [0.5, 0.6) is 5.75 Å². The van der Waals surface area contributed by atoms with Crippen molar-refractivity contribution < 1.29 is 24.4 Å². The number of pyridine rings is 1. The Labute approximate surface area is 219 Å². The van der Waals surface area contributed by atoms with Crippen LogP contribution in [0.3, 0.4) is 0 Å². The third kappa shape index (κ3) is 3.73. The standard InChI is InChI=1S/C26H19N5O6S/c1-29-10-11-37-19-8-5-14(12-18(19)29)23(32)21-22(17-4-2-3-9-27-17)30(25(34)24(21)33)26-28-16-7-6-15(31(35)36)13-20(16)38-26/h2-9,12-13,22,32H,10-11H2,1H3/b23-21+. The van der Waals surface area contributed by atoms with Gasteiger partial charge in [-0.2, -0.15) is 0 Å². The molecule has 1 N–H and O–H groups in total. The Morgan fingerprint density at radius 3 is 2.79 bits per heavy atom. The lowest BCUT2D eigenvalue weighted by Crippen LogP contribution is -2.29. The number of benzene rings is 2. The van der Waals surface area contributed by atoms with Crippen molar-refractivity contribution >= 4 is 55.5 Å². The molecule has 4 heterocycles. The number of rotatable bonds is 4. The number of likely N-dealkylation sites (N-methyl/N-ethyl adjacent to an activating group) is 1. The minimum absolute atomic E-state index is 0.114. The van der Waals surface area contributed by atoms with Crippen LogP contribution in [0.2, 0.25) is 0 Å². The number of carbonyl (C=O) groups excluding carboxylic acids is 2. The van der Waals surface area contributed by atoms with E-state index in [-0.39, 0.29) is 22.2 Å². The lowest BCUT2D eigenvalue weighted by atomic mass is 9.98. The van der Waals surface area contributed by atoms with Crippen molar-refractivity contribution in [3.8, 4) is 5.75 Å². The number of nitrogens with zero attached hydrogens (tertiary/aromatic N) is 5. The molecule has 2 aromatic heterocycles. The Morgan fingerprint density at radius 2 is 2.03 bits per heavy atom. The number of nitro groups is 1. The number of Topliss-reactive ketones (excluding diaryl/α,β-unsaturated/α-hetero) is 1. The number of aliphatic hydroxyl groups is 1. The molecule has 6 rings (SSSR count). The van der Waals surface area contributed by atoms with Gasteiger partial charge in [0.2, 0.25) is 0 Å². The van der Waals surface area contributed by atoms with Crippen LogP contribution < -0.4 is 14.5 Å². The Morgan fingerprint density at radius 1 is 1.18 bits per heavy atom. The van der Waals surface area contributed by atoms with Gasteiger partial charge in [-0.1, -0.05) is 17.4 Å². The zero-order valence-electron chi connectivity index (χ0n) is 19.9. The molecule has 1 unspecified atom stereocenters. The summed E-state index contributed by atoms with van der Waals surface area (Å²) in [5.74, 6) is -1.46. The van der Waals surface area contributed by atoms with E-state index in [1.807, 2.05) is 11.9 Å². The Hall–Kier alpha value is -4.84. The quantitative estimate of drug-likeness (QED) is 0.136. The second kappa shape index (κ2) is 8.92. The van der Waals surface area contributed by atoms with Crippen molar-refractivity contribution in [2.24, 2.45) is 0 Å². The van der Waals surface area contributed by atoms with E-state index in [1.165, 1.54) is 29.3 Å². The predicted octanol–water partition coefficient (Wildman–Crippen LogP) is 4.05. The first-order chi connectivity index (χ1) is 18.3.